The van der Waals surface area contributed by atoms with E-state index < -0.39 is 12.2 Å². The molecule has 2 unspecified atom stereocenters. The average Bonchev–Trinajstić information content (AvgIpc) is 3.64. The molecule has 1 fully saturated rings. The lowest BCUT2D eigenvalue weighted by atomic mass is 9.99. The number of aryl methyl sites for hydroxylation is 3. The van der Waals surface area contributed by atoms with Gasteiger partial charge < -0.3 is 15.8 Å². The molecule has 11 heteroatoms. The number of halogens is 4. The monoisotopic (exact) mass is 554 g/mol. The first-order chi connectivity index (χ1) is 18.9. The number of hydrogen-bond acceptors (Lipinski definition) is 3. The van der Waals surface area contributed by atoms with Crippen LogP contribution in [0.1, 0.15) is 41.5 Å². The zero-order valence-electron chi connectivity index (χ0n) is 22.3. The quantitative estimate of drug-likeness (QED) is 0.152. The van der Waals surface area contributed by atoms with Crippen LogP contribution >= 0.6 is 0 Å². The van der Waals surface area contributed by atoms with Crippen LogP contribution in [0.4, 0.5) is 23.2 Å². The molecule has 0 heterocycles. The molecule has 0 aromatic heterocycles. The first kappa shape index (κ1) is 28.7. The lowest BCUT2D eigenvalue weighted by Crippen LogP contribution is -2.44. The second-order valence-corrected chi connectivity index (χ2v) is 9.73. The Hall–Kier alpha value is -4.30. The van der Waals surface area contributed by atoms with E-state index in [-0.39, 0.29) is 47.3 Å². The van der Waals surface area contributed by atoms with Crippen molar-refractivity contribution in [3.8, 4) is 0 Å². The number of rotatable bonds is 7. The summed E-state index contributed by atoms with van der Waals surface area (Å²) in [4.78, 5) is 8.75. The van der Waals surface area contributed by atoms with Gasteiger partial charge in [-0.3, -0.25) is 5.43 Å². The van der Waals surface area contributed by atoms with E-state index >= 15 is 0 Å². The Labute approximate surface area is 230 Å². The van der Waals surface area contributed by atoms with Crippen molar-refractivity contribution in [3.63, 3.8) is 0 Å². The number of allylic oxidation sites excluding steroid dienone is 3. The number of benzene rings is 1. The molecular formula is C29H30F4N6O. The Bertz CT molecular complexity index is 1390. The van der Waals surface area contributed by atoms with Crippen LogP contribution in [0.2, 0.25) is 0 Å². The lowest BCUT2D eigenvalue weighted by molar-refractivity contribution is -0.306. The van der Waals surface area contributed by atoms with Crippen molar-refractivity contribution in [2.45, 2.75) is 52.4 Å². The maximum Gasteiger partial charge on any atom is 0.572 e. The van der Waals surface area contributed by atoms with E-state index in [1.807, 2.05) is 32.0 Å². The lowest BCUT2D eigenvalue weighted by Gasteiger charge is -2.17. The van der Waals surface area contributed by atoms with Crippen molar-refractivity contribution in [1.29, 1.82) is 0 Å². The maximum absolute atomic E-state index is 14.5. The van der Waals surface area contributed by atoms with E-state index in [0.29, 0.717) is 17.7 Å². The molecule has 0 saturated heterocycles. The summed E-state index contributed by atoms with van der Waals surface area (Å²) in [5.41, 5.74) is 16.9. The number of nitrogens with one attached hydrogen (secondary N) is 3. The minimum absolute atomic E-state index is 0.00271. The molecule has 5 N–H and O–H groups in total. The predicted molar refractivity (Wildman–Crippen MR) is 147 cm³/mol. The third-order valence-corrected chi connectivity index (χ3v) is 6.65. The first-order valence-corrected chi connectivity index (χ1v) is 12.6. The molecular weight excluding hydrogens is 524 g/mol. The van der Waals surface area contributed by atoms with Crippen LogP contribution in [-0.2, 0) is 4.74 Å². The number of alkyl halides is 3. The third kappa shape index (κ3) is 7.64. The van der Waals surface area contributed by atoms with Gasteiger partial charge in [-0.05, 0) is 86.6 Å². The number of nitrogens with two attached hydrogens (primary N) is 1. The van der Waals surface area contributed by atoms with E-state index in [0.717, 1.165) is 23.1 Å². The van der Waals surface area contributed by atoms with Gasteiger partial charge in [0.05, 0.1) is 5.70 Å². The average molecular weight is 555 g/mol. The second-order valence-electron chi connectivity index (χ2n) is 9.73. The first-order valence-electron chi connectivity index (χ1n) is 12.6. The van der Waals surface area contributed by atoms with Gasteiger partial charge in [-0.15, -0.1) is 13.2 Å². The molecule has 7 nitrogen and oxygen atoms in total. The molecule has 40 heavy (non-hydrogen) atoms. The zero-order valence-corrected chi connectivity index (χ0v) is 22.3. The number of nitrogens with zero attached hydrogens (tertiary/aromatic N) is 2. The summed E-state index contributed by atoms with van der Waals surface area (Å²) in [6.45, 7) is 9.60. The van der Waals surface area contributed by atoms with E-state index in [1.54, 1.807) is 19.1 Å². The van der Waals surface area contributed by atoms with Crippen molar-refractivity contribution >= 4 is 23.3 Å². The minimum Gasteiger partial charge on any atom is -0.410 e. The fourth-order valence-corrected chi connectivity index (χ4v) is 4.33. The van der Waals surface area contributed by atoms with Crippen LogP contribution in [0, 0.1) is 44.6 Å². The Morgan fingerprint density at radius 3 is 2.52 bits per heavy atom. The SMILES string of the molecule is C=C(N=C(N=C(N)NNC1CC1C1=CC=C(OC(F)(F)F)CC1)Nc1ccc(C)c(C)c1)c1c(F)c#ccc1C. The largest absolute Gasteiger partial charge is 0.572 e. The number of guanidine groups is 2. The highest BCUT2D eigenvalue weighted by Gasteiger charge is 2.40. The highest BCUT2D eigenvalue weighted by molar-refractivity contribution is 6.03. The number of aliphatic imine (C=N–C) groups is 2. The van der Waals surface area contributed by atoms with Crippen LogP contribution in [-0.4, -0.2) is 24.3 Å². The van der Waals surface area contributed by atoms with Crippen LogP contribution in [0.15, 0.2) is 64.3 Å². The van der Waals surface area contributed by atoms with Gasteiger partial charge in [-0.25, -0.2) is 10.4 Å². The summed E-state index contributed by atoms with van der Waals surface area (Å²) in [7, 11) is 0. The van der Waals surface area contributed by atoms with Gasteiger partial charge in [0.1, 0.15) is 5.76 Å². The smallest absolute Gasteiger partial charge is 0.410 e. The van der Waals surface area contributed by atoms with Crippen LogP contribution < -0.4 is 21.9 Å². The maximum atomic E-state index is 14.5. The second kappa shape index (κ2) is 11.8. The molecule has 4 rings (SSSR count). The molecule has 2 aromatic carbocycles. The molecule has 2 atom stereocenters. The molecule has 0 spiro atoms. The van der Waals surface area contributed by atoms with Crippen LogP contribution in [0.5, 0.6) is 0 Å². The number of hydrogen-bond donors (Lipinski definition) is 4. The van der Waals surface area contributed by atoms with Crippen molar-refractivity contribution in [2.75, 3.05) is 5.32 Å². The topological polar surface area (TPSA) is 96.1 Å². The van der Waals surface area contributed by atoms with Crippen molar-refractivity contribution in [1.82, 2.24) is 10.9 Å². The molecule has 210 valence electrons. The van der Waals surface area contributed by atoms with E-state index in [2.05, 4.69) is 49.6 Å². The van der Waals surface area contributed by atoms with Gasteiger partial charge in [0, 0.05) is 23.7 Å². The van der Waals surface area contributed by atoms with Gasteiger partial charge in [0.25, 0.3) is 0 Å². The summed E-state index contributed by atoms with van der Waals surface area (Å²) >= 11 is 0. The normalized spacial score (nSPS) is 19.3. The molecule has 1 saturated carbocycles. The van der Waals surface area contributed by atoms with E-state index in [4.69, 9.17) is 5.73 Å². The van der Waals surface area contributed by atoms with Gasteiger partial charge in [0.2, 0.25) is 11.9 Å². The molecule has 0 aliphatic heterocycles. The summed E-state index contributed by atoms with van der Waals surface area (Å²) in [6, 6.07) is 12.3. The Morgan fingerprint density at radius 2 is 1.88 bits per heavy atom. The fraction of sp³-hybridized carbons (Fsp3) is 0.310. The molecule has 2 aliphatic carbocycles. The van der Waals surface area contributed by atoms with Gasteiger partial charge in [-0.2, -0.15) is 9.38 Å². The summed E-state index contributed by atoms with van der Waals surface area (Å²) in [5.74, 6) is -0.488. The molecule has 2 aliphatic rings. The number of hydrazine groups is 1. The number of anilines is 1. The van der Waals surface area contributed by atoms with E-state index in [1.165, 1.54) is 6.08 Å². The zero-order chi connectivity index (χ0) is 29.0. The van der Waals surface area contributed by atoms with Crippen molar-refractivity contribution in [2.24, 2.45) is 21.6 Å². The minimum atomic E-state index is -4.69. The summed E-state index contributed by atoms with van der Waals surface area (Å²) < 4.78 is 55.7. The Kier molecular flexibility index (Phi) is 8.49. The van der Waals surface area contributed by atoms with Gasteiger partial charge in [-0.1, -0.05) is 30.4 Å². The fourth-order valence-electron chi connectivity index (χ4n) is 4.33. The Morgan fingerprint density at radius 1 is 1.10 bits per heavy atom. The molecule has 0 radical (unpaired) electrons. The highest BCUT2D eigenvalue weighted by atomic mass is 19.4. The highest BCUT2D eigenvalue weighted by Crippen LogP contribution is 2.41. The third-order valence-electron chi connectivity index (χ3n) is 6.65. The predicted octanol–water partition coefficient (Wildman–Crippen LogP) is 5.73. The summed E-state index contributed by atoms with van der Waals surface area (Å²) in [5, 5.41) is 3.11. The van der Waals surface area contributed by atoms with Crippen molar-refractivity contribution < 1.29 is 22.3 Å². The number of ether oxygens (including phenoxy) is 1. The standard InChI is InChI=1S/C29H30F4N6O/c1-16-8-11-21(14-18(16)3)36-28(35-19(4)26-17(2)6-5-7-24(26)30)37-27(34)39-38-25-15-23(25)20-9-12-22(13-10-20)40-29(31,32)33/h6,8-9,11-12,14,23,25,38H,4,10,13,15H2,1-3H3,(H4,34,35,36,37,39). The van der Waals surface area contributed by atoms with Gasteiger partial charge in [0.15, 0.2) is 5.82 Å². The van der Waals surface area contributed by atoms with Crippen molar-refractivity contribution in [3.05, 3.63) is 94.5 Å². The molecule has 2 aromatic rings. The van der Waals surface area contributed by atoms with Crippen LogP contribution in [0.25, 0.3) is 5.70 Å². The summed E-state index contributed by atoms with van der Waals surface area (Å²) in [6.07, 6.45) is -0.179. The Balaban J connectivity index is 1.45. The molecule has 0 amide bonds. The van der Waals surface area contributed by atoms with E-state index in [9.17, 15) is 17.6 Å². The van der Waals surface area contributed by atoms with Gasteiger partial charge >= 0.3 is 6.36 Å². The molecule has 0 bridgehead atoms. The van der Waals surface area contributed by atoms with Crippen LogP contribution in [0.3, 0.4) is 0 Å².